The van der Waals surface area contributed by atoms with E-state index in [4.69, 9.17) is 4.74 Å². The Balaban J connectivity index is 2.29. The molecule has 0 unspecified atom stereocenters. The van der Waals surface area contributed by atoms with Gasteiger partial charge in [-0.1, -0.05) is 0 Å². The van der Waals surface area contributed by atoms with E-state index in [1.165, 1.54) is 7.11 Å². The summed E-state index contributed by atoms with van der Waals surface area (Å²) >= 11 is 0. The van der Waals surface area contributed by atoms with Gasteiger partial charge >= 0.3 is 11.9 Å². The lowest BCUT2D eigenvalue weighted by atomic mass is 9.92. The van der Waals surface area contributed by atoms with Crippen LogP contribution in [0.15, 0.2) is 12.1 Å². The molecule has 0 aromatic rings. The predicted molar refractivity (Wildman–Crippen MR) is 51.4 cm³/mol. The van der Waals surface area contributed by atoms with Crippen LogP contribution in [0.5, 0.6) is 0 Å². The van der Waals surface area contributed by atoms with Gasteiger partial charge in [0.05, 0.1) is 24.8 Å². The monoisotopic (exact) mass is 206 g/mol. The minimum Gasteiger partial charge on any atom is -0.465 e. The number of esters is 2. The molecule has 4 heteroatoms. The Morgan fingerprint density at radius 3 is 2.27 bits per heavy atom. The van der Waals surface area contributed by atoms with Crippen LogP contribution < -0.4 is 0 Å². The molecule has 0 fully saturated rings. The Morgan fingerprint density at radius 2 is 1.80 bits per heavy atom. The zero-order chi connectivity index (χ0) is 11.0. The van der Waals surface area contributed by atoms with E-state index in [1.807, 2.05) is 0 Å². The summed E-state index contributed by atoms with van der Waals surface area (Å²) in [5.41, 5.74) is 0.924. The summed E-state index contributed by atoms with van der Waals surface area (Å²) in [5.74, 6) is -0.797. The standard InChI is InChI=1S/C11H10O4/c1-3-15-11(13)8-5-6-4-7(9(6)8)10(12)14-2/h4-5H,3H2,1-2H3. The number of carbonyl (C=O) groups is 2. The maximum absolute atomic E-state index is 11.4. The van der Waals surface area contributed by atoms with E-state index >= 15 is 0 Å². The number of carbonyl (C=O) groups excluding carboxylic acids is 2. The van der Waals surface area contributed by atoms with Gasteiger partial charge in [0.15, 0.2) is 0 Å². The molecule has 78 valence electrons. The lowest BCUT2D eigenvalue weighted by molar-refractivity contribution is 0.0523. The molecule has 4 nitrogen and oxygen atoms in total. The van der Waals surface area contributed by atoms with Crippen molar-refractivity contribution in [2.45, 2.75) is 6.92 Å². The Hall–Kier alpha value is -1.84. The van der Waals surface area contributed by atoms with Crippen LogP contribution in [0.1, 0.15) is 27.6 Å². The van der Waals surface area contributed by atoms with Gasteiger partial charge in [0.1, 0.15) is 0 Å². The average Bonchev–Trinajstić information content (AvgIpc) is 2.20. The van der Waals surface area contributed by atoms with Crippen molar-refractivity contribution in [3.8, 4) is 0 Å². The number of methoxy groups -OCH3 is 1. The lowest BCUT2D eigenvalue weighted by Gasteiger charge is -2.14. The Morgan fingerprint density at radius 1 is 1.20 bits per heavy atom. The molecule has 15 heavy (non-hydrogen) atoms. The molecule has 0 aromatic carbocycles. The summed E-state index contributed by atoms with van der Waals surface area (Å²) in [6.45, 7) is 2.07. The Labute approximate surface area is 86.1 Å². The summed E-state index contributed by atoms with van der Waals surface area (Å²) in [4.78, 5) is 22.6. The maximum Gasteiger partial charge on any atom is 0.338 e. The molecule has 0 N–H and O–H groups in total. The third-order valence-corrected chi connectivity index (χ3v) is 2.33. The molecule has 2 aliphatic rings. The molecule has 2 rings (SSSR count). The normalized spacial score (nSPS) is 10.8. The first-order chi connectivity index (χ1) is 7.19. The lowest BCUT2D eigenvalue weighted by Crippen LogP contribution is -2.16. The molecule has 0 saturated heterocycles. The fourth-order valence-corrected chi connectivity index (χ4v) is 1.58. The van der Waals surface area contributed by atoms with Crippen LogP contribution in [0.2, 0.25) is 0 Å². The zero-order valence-corrected chi connectivity index (χ0v) is 8.49. The highest BCUT2D eigenvalue weighted by molar-refractivity contribution is 5.98. The second-order valence-electron chi connectivity index (χ2n) is 3.16. The van der Waals surface area contributed by atoms with Gasteiger partial charge < -0.3 is 9.47 Å². The van der Waals surface area contributed by atoms with E-state index in [9.17, 15) is 9.59 Å². The van der Waals surface area contributed by atoms with Crippen LogP contribution in [0.4, 0.5) is 0 Å². The molecule has 0 aliphatic heterocycles. The Bertz CT molecular complexity index is 530. The first-order valence-corrected chi connectivity index (χ1v) is 4.63. The topological polar surface area (TPSA) is 52.6 Å². The van der Waals surface area contributed by atoms with E-state index in [-0.39, 0.29) is 5.97 Å². The summed E-state index contributed by atoms with van der Waals surface area (Å²) < 4.78 is 9.41. The Kier molecular flexibility index (Phi) is 2.19. The fraction of sp³-hybridized carbons (Fsp3) is 0.273. The minimum absolute atomic E-state index is 0.329. The second-order valence-corrected chi connectivity index (χ2v) is 3.16. The summed E-state index contributed by atoms with van der Waals surface area (Å²) in [6.07, 6.45) is 0. The number of ether oxygens (including phenoxy) is 2. The summed E-state index contributed by atoms with van der Waals surface area (Å²) in [6, 6.07) is 3.41. The van der Waals surface area contributed by atoms with E-state index < -0.39 is 5.97 Å². The average molecular weight is 206 g/mol. The SMILES string of the molecule is CCOC(=O)c1cc2cc(C(=O)OC)c1=2. The van der Waals surface area contributed by atoms with Crippen molar-refractivity contribution in [1.29, 1.82) is 0 Å². The fourth-order valence-electron chi connectivity index (χ4n) is 1.58. The van der Waals surface area contributed by atoms with Gasteiger partial charge in [-0.25, -0.2) is 9.59 Å². The van der Waals surface area contributed by atoms with Gasteiger partial charge in [0.2, 0.25) is 0 Å². The van der Waals surface area contributed by atoms with Crippen molar-refractivity contribution >= 4 is 11.9 Å². The van der Waals surface area contributed by atoms with Gasteiger partial charge in [-0.15, -0.1) is 0 Å². The zero-order valence-electron chi connectivity index (χ0n) is 8.49. The second kappa shape index (κ2) is 3.38. The molecule has 0 aromatic heterocycles. The van der Waals surface area contributed by atoms with E-state index in [1.54, 1.807) is 19.1 Å². The van der Waals surface area contributed by atoms with Crippen LogP contribution in [-0.4, -0.2) is 25.7 Å². The number of benzene rings is 1. The highest BCUT2D eigenvalue weighted by atomic mass is 16.5. The van der Waals surface area contributed by atoms with E-state index in [0.29, 0.717) is 23.0 Å². The third kappa shape index (κ3) is 1.29. The van der Waals surface area contributed by atoms with Crippen LogP contribution in [0, 0.1) is 10.4 Å². The van der Waals surface area contributed by atoms with Crippen LogP contribution >= 0.6 is 0 Å². The highest BCUT2D eigenvalue weighted by Gasteiger charge is 2.23. The number of rotatable bonds is 3. The minimum atomic E-state index is -0.413. The van der Waals surface area contributed by atoms with Crippen LogP contribution in [0.25, 0.3) is 0 Å². The molecule has 0 saturated carbocycles. The van der Waals surface area contributed by atoms with Crippen LogP contribution in [-0.2, 0) is 9.47 Å². The molecular weight excluding hydrogens is 196 g/mol. The molecule has 0 amide bonds. The number of hydrogen-bond donors (Lipinski definition) is 0. The van der Waals surface area contributed by atoms with Gasteiger partial charge in [-0.2, -0.15) is 0 Å². The molecular formula is C11H10O4. The van der Waals surface area contributed by atoms with Crippen LogP contribution in [0.3, 0.4) is 0 Å². The quantitative estimate of drug-likeness (QED) is 0.709. The molecule has 0 heterocycles. The van der Waals surface area contributed by atoms with Crippen molar-refractivity contribution < 1.29 is 19.1 Å². The van der Waals surface area contributed by atoms with Gasteiger partial charge in [-0.3, -0.25) is 0 Å². The van der Waals surface area contributed by atoms with Gasteiger partial charge in [0, 0.05) is 5.22 Å². The van der Waals surface area contributed by atoms with Crippen molar-refractivity contribution in [3.63, 3.8) is 0 Å². The predicted octanol–water partition coefficient (Wildman–Crippen LogP) is 1.25. The van der Waals surface area contributed by atoms with E-state index in [2.05, 4.69) is 4.74 Å². The molecule has 0 atom stereocenters. The van der Waals surface area contributed by atoms with Gasteiger partial charge in [0.25, 0.3) is 0 Å². The van der Waals surface area contributed by atoms with E-state index in [0.717, 1.165) is 5.22 Å². The molecule has 0 spiro atoms. The van der Waals surface area contributed by atoms with Crippen molar-refractivity contribution in [2.24, 2.45) is 0 Å². The summed E-state index contributed by atoms with van der Waals surface area (Å²) in [5, 5.41) is 1.60. The van der Waals surface area contributed by atoms with Crippen molar-refractivity contribution in [2.75, 3.05) is 13.7 Å². The highest BCUT2D eigenvalue weighted by Crippen LogP contribution is 2.23. The van der Waals surface area contributed by atoms with Gasteiger partial charge in [-0.05, 0) is 24.3 Å². The third-order valence-electron chi connectivity index (χ3n) is 2.33. The smallest absolute Gasteiger partial charge is 0.338 e. The number of hydrogen-bond acceptors (Lipinski definition) is 4. The molecule has 0 bridgehead atoms. The molecule has 2 aliphatic carbocycles. The molecule has 0 radical (unpaired) electrons. The largest absolute Gasteiger partial charge is 0.465 e. The van der Waals surface area contributed by atoms with Crippen molar-refractivity contribution in [1.82, 2.24) is 0 Å². The maximum atomic E-state index is 11.4. The first-order valence-electron chi connectivity index (χ1n) is 4.63. The van der Waals surface area contributed by atoms with Crippen molar-refractivity contribution in [3.05, 3.63) is 33.7 Å². The first kappa shape index (κ1) is 9.71. The summed E-state index contributed by atoms with van der Waals surface area (Å²) in [7, 11) is 1.31.